The maximum absolute atomic E-state index is 11.8. The molecule has 0 saturated heterocycles. The standard InChI is InChI=1S/C14H15NO6S/c1-15(2)22(18,19)13-7-6-12(21-13)9-20-14(17)10-4-3-5-11(16)8-10/h3-8,16H,9H2,1-2H3. The zero-order chi connectivity index (χ0) is 16.3. The van der Waals surface area contributed by atoms with Crippen molar-refractivity contribution in [1.29, 1.82) is 0 Å². The molecule has 0 bridgehead atoms. The Morgan fingerprint density at radius 1 is 1.27 bits per heavy atom. The summed E-state index contributed by atoms with van der Waals surface area (Å²) in [7, 11) is -0.883. The molecule has 1 heterocycles. The zero-order valence-corrected chi connectivity index (χ0v) is 12.8. The van der Waals surface area contributed by atoms with Gasteiger partial charge in [0.05, 0.1) is 5.56 Å². The highest BCUT2D eigenvalue weighted by Gasteiger charge is 2.21. The Labute approximate surface area is 127 Å². The molecule has 7 nitrogen and oxygen atoms in total. The van der Waals surface area contributed by atoms with E-state index in [0.717, 1.165) is 4.31 Å². The number of phenols is 1. The summed E-state index contributed by atoms with van der Waals surface area (Å²) >= 11 is 0. The molecule has 118 valence electrons. The van der Waals surface area contributed by atoms with Crippen molar-refractivity contribution in [2.75, 3.05) is 14.1 Å². The third-order valence-electron chi connectivity index (χ3n) is 2.80. The van der Waals surface area contributed by atoms with Crippen LogP contribution in [0, 0.1) is 0 Å². The van der Waals surface area contributed by atoms with E-state index < -0.39 is 16.0 Å². The van der Waals surface area contributed by atoms with Gasteiger partial charge in [0.25, 0.3) is 10.0 Å². The molecule has 0 saturated carbocycles. The second-order valence-electron chi connectivity index (χ2n) is 4.63. The predicted octanol–water partition coefficient (Wildman–Crippen LogP) is 1.59. The summed E-state index contributed by atoms with van der Waals surface area (Å²) in [6.45, 7) is -0.211. The third-order valence-corrected chi connectivity index (χ3v) is 4.49. The van der Waals surface area contributed by atoms with E-state index in [1.165, 1.54) is 50.5 Å². The lowest BCUT2D eigenvalue weighted by molar-refractivity contribution is 0.0440. The van der Waals surface area contributed by atoms with Gasteiger partial charge in [0.1, 0.15) is 18.1 Å². The predicted molar refractivity (Wildman–Crippen MR) is 76.8 cm³/mol. The van der Waals surface area contributed by atoms with E-state index in [0.29, 0.717) is 0 Å². The van der Waals surface area contributed by atoms with E-state index in [-0.39, 0.29) is 28.8 Å². The Morgan fingerprint density at radius 2 is 2.00 bits per heavy atom. The van der Waals surface area contributed by atoms with Crippen molar-refractivity contribution in [2.45, 2.75) is 11.7 Å². The number of sulfonamides is 1. The van der Waals surface area contributed by atoms with E-state index in [1.807, 2.05) is 0 Å². The molecular weight excluding hydrogens is 310 g/mol. The van der Waals surface area contributed by atoms with Crippen LogP contribution in [0.15, 0.2) is 45.9 Å². The molecule has 2 rings (SSSR count). The summed E-state index contributed by atoms with van der Waals surface area (Å²) in [5.74, 6) is -0.495. The molecule has 0 amide bonds. The number of hydrogen-bond acceptors (Lipinski definition) is 6. The number of ether oxygens (including phenoxy) is 1. The van der Waals surface area contributed by atoms with E-state index in [9.17, 15) is 18.3 Å². The normalized spacial score (nSPS) is 11.6. The van der Waals surface area contributed by atoms with Crippen LogP contribution in [0.1, 0.15) is 16.1 Å². The number of phenolic OH excluding ortho intramolecular Hbond substituents is 1. The van der Waals surface area contributed by atoms with Crippen molar-refractivity contribution in [1.82, 2.24) is 4.31 Å². The molecule has 0 radical (unpaired) electrons. The Bertz CT molecular complexity index is 778. The minimum Gasteiger partial charge on any atom is -0.508 e. The van der Waals surface area contributed by atoms with Crippen LogP contribution in [-0.2, 0) is 21.4 Å². The lowest BCUT2D eigenvalue weighted by atomic mass is 10.2. The largest absolute Gasteiger partial charge is 0.508 e. The van der Waals surface area contributed by atoms with Crippen molar-refractivity contribution < 1.29 is 27.5 Å². The lowest BCUT2D eigenvalue weighted by Crippen LogP contribution is -2.21. The highest BCUT2D eigenvalue weighted by Crippen LogP contribution is 2.18. The molecule has 1 aromatic carbocycles. The summed E-state index contributed by atoms with van der Waals surface area (Å²) in [5, 5.41) is 9.07. The molecule has 0 aliphatic rings. The third kappa shape index (κ3) is 3.46. The number of carbonyl (C=O) groups is 1. The van der Waals surface area contributed by atoms with Crippen molar-refractivity contribution in [3.63, 3.8) is 0 Å². The van der Waals surface area contributed by atoms with E-state index in [1.54, 1.807) is 0 Å². The first-order chi connectivity index (χ1) is 10.3. The first-order valence-corrected chi connectivity index (χ1v) is 7.72. The molecule has 0 aliphatic heterocycles. The average Bonchev–Trinajstić information content (AvgIpc) is 2.94. The van der Waals surface area contributed by atoms with Crippen molar-refractivity contribution in [3.05, 3.63) is 47.7 Å². The molecule has 0 fully saturated rings. The molecular formula is C14H15NO6S. The van der Waals surface area contributed by atoms with Gasteiger partial charge < -0.3 is 14.3 Å². The minimum atomic E-state index is -3.66. The Balaban J connectivity index is 2.04. The topological polar surface area (TPSA) is 97.0 Å². The molecule has 1 N–H and O–H groups in total. The maximum Gasteiger partial charge on any atom is 0.338 e. The van der Waals surface area contributed by atoms with Gasteiger partial charge in [-0.2, -0.15) is 0 Å². The SMILES string of the molecule is CN(C)S(=O)(=O)c1ccc(COC(=O)c2cccc(O)c2)o1. The monoisotopic (exact) mass is 325 g/mol. The molecule has 1 aromatic heterocycles. The van der Waals surface area contributed by atoms with Gasteiger partial charge in [-0.25, -0.2) is 17.5 Å². The van der Waals surface area contributed by atoms with Gasteiger partial charge in [0, 0.05) is 14.1 Å². The lowest BCUT2D eigenvalue weighted by Gasteiger charge is -2.08. The van der Waals surface area contributed by atoms with Gasteiger partial charge in [-0.3, -0.25) is 0 Å². The Morgan fingerprint density at radius 3 is 2.64 bits per heavy atom. The number of hydrogen-bond donors (Lipinski definition) is 1. The second-order valence-corrected chi connectivity index (χ2v) is 6.72. The highest BCUT2D eigenvalue weighted by atomic mass is 32.2. The van der Waals surface area contributed by atoms with Crippen LogP contribution in [0.3, 0.4) is 0 Å². The quantitative estimate of drug-likeness (QED) is 0.839. The average molecular weight is 325 g/mol. The van der Waals surface area contributed by atoms with Gasteiger partial charge in [0.15, 0.2) is 0 Å². The molecule has 0 atom stereocenters. The van der Waals surface area contributed by atoms with Gasteiger partial charge >= 0.3 is 5.97 Å². The molecule has 0 unspecified atom stereocenters. The number of benzene rings is 1. The summed E-state index contributed by atoms with van der Waals surface area (Å²) in [6, 6.07) is 8.43. The molecule has 0 spiro atoms. The first-order valence-electron chi connectivity index (χ1n) is 6.28. The summed E-state index contributed by atoms with van der Waals surface area (Å²) < 4.78 is 34.9. The van der Waals surface area contributed by atoms with E-state index in [2.05, 4.69) is 0 Å². The fraction of sp³-hybridized carbons (Fsp3) is 0.214. The fourth-order valence-corrected chi connectivity index (χ4v) is 2.42. The van der Waals surface area contributed by atoms with Crippen LogP contribution in [0.4, 0.5) is 0 Å². The maximum atomic E-state index is 11.8. The fourth-order valence-electron chi connectivity index (χ4n) is 1.61. The number of esters is 1. The van der Waals surface area contributed by atoms with Crippen LogP contribution >= 0.6 is 0 Å². The van der Waals surface area contributed by atoms with Crippen LogP contribution in [0.5, 0.6) is 5.75 Å². The summed E-state index contributed by atoms with van der Waals surface area (Å²) in [5.41, 5.74) is 0.188. The van der Waals surface area contributed by atoms with Crippen LogP contribution in [0.25, 0.3) is 0 Å². The van der Waals surface area contributed by atoms with Crippen LogP contribution in [-0.4, -0.2) is 37.9 Å². The number of furan rings is 1. The Kier molecular flexibility index (Phi) is 4.53. The number of nitrogens with zero attached hydrogens (tertiary/aromatic N) is 1. The van der Waals surface area contributed by atoms with E-state index in [4.69, 9.17) is 9.15 Å². The number of rotatable bonds is 5. The summed E-state index contributed by atoms with van der Waals surface area (Å²) in [6.07, 6.45) is 0. The molecule has 8 heteroatoms. The first kappa shape index (κ1) is 16.1. The highest BCUT2D eigenvalue weighted by molar-refractivity contribution is 7.88. The Hall–Kier alpha value is -2.32. The zero-order valence-electron chi connectivity index (χ0n) is 12.0. The minimum absolute atomic E-state index is 0.0492. The van der Waals surface area contributed by atoms with Gasteiger partial charge in [-0.15, -0.1) is 0 Å². The van der Waals surface area contributed by atoms with Gasteiger partial charge in [-0.1, -0.05) is 6.07 Å². The smallest absolute Gasteiger partial charge is 0.338 e. The molecule has 2 aromatic rings. The van der Waals surface area contributed by atoms with Crippen LogP contribution < -0.4 is 0 Å². The van der Waals surface area contributed by atoms with Crippen LogP contribution in [0.2, 0.25) is 0 Å². The van der Waals surface area contributed by atoms with Crippen molar-refractivity contribution in [3.8, 4) is 5.75 Å². The van der Waals surface area contributed by atoms with Gasteiger partial charge in [0.2, 0.25) is 5.09 Å². The summed E-state index contributed by atoms with van der Waals surface area (Å²) in [4.78, 5) is 11.8. The van der Waals surface area contributed by atoms with Crippen molar-refractivity contribution in [2.24, 2.45) is 0 Å². The van der Waals surface area contributed by atoms with E-state index >= 15 is 0 Å². The van der Waals surface area contributed by atoms with Gasteiger partial charge in [-0.05, 0) is 30.3 Å². The molecule has 0 aliphatic carbocycles. The number of aromatic hydroxyl groups is 1. The second kappa shape index (κ2) is 6.20. The molecule has 22 heavy (non-hydrogen) atoms. The number of carbonyl (C=O) groups excluding carboxylic acids is 1. The van der Waals surface area contributed by atoms with Crippen molar-refractivity contribution >= 4 is 16.0 Å².